The average molecular weight is 244 g/mol. The van der Waals surface area contributed by atoms with Crippen molar-refractivity contribution in [2.75, 3.05) is 0 Å². The first-order valence-corrected chi connectivity index (χ1v) is 5.86. The predicted octanol–water partition coefficient (Wildman–Crippen LogP) is 3.19. The highest BCUT2D eigenvalue weighted by atomic mass is 32.1. The summed E-state index contributed by atoms with van der Waals surface area (Å²) in [6, 6.07) is 8.53. The summed E-state index contributed by atoms with van der Waals surface area (Å²) in [5.41, 5.74) is 0.861. The summed E-state index contributed by atoms with van der Waals surface area (Å²) in [4.78, 5) is 8.23. The van der Waals surface area contributed by atoms with Crippen molar-refractivity contribution in [1.82, 2.24) is 9.97 Å². The molecule has 84 valence electrons. The molecule has 0 bridgehead atoms. The molecule has 0 radical (unpaired) electrons. The first kappa shape index (κ1) is 10.0. The number of ether oxygens (including phenoxy) is 1. The highest BCUT2D eigenvalue weighted by Gasteiger charge is 2.07. The summed E-state index contributed by atoms with van der Waals surface area (Å²) >= 11 is 1.52. The maximum absolute atomic E-state index is 9.35. The topological polar surface area (TPSA) is 55.2 Å². The third kappa shape index (κ3) is 1.92. The third-order valence-electron chi connectivity index (χ3n) is 2.24. The molecule has 0 aliphatic carbocycles. The van der Waals surface area contributed by atoms with Crippen LogP contribution in [0.3, 0.4) is 0 Å². The average Bonchev–Trinajstić information content (AvgIpc) is 2.78. The monoisotopic (exact) mass is 244 g/mol. The summed E-state index contributed by atoms with van der Waals surface area (Å²) in [7, 11) is 0. The Labute approximate surface area is 101 Å². The van der Waals surface area contributed by atoms with Crippen LogP contribution in [-0.2, 0) is 0 Å². The standard InChI is InChI=1S/C12H8N2O2S/c15-8-2-1-3-9(6-8)16-12-11-10(4-5-17-11)13-7-14-12/h1-7,15H. The van der Waals surface area contributed by atoms with E-state index in [2.05, 4.69) is 9.97 Å². The Balaban J connectivity index is 2.02. The van der Waals surface area contributed by atoms with E-state index in [0.29, 0.717) is 11.6 Å². The molecule has 0 spiro atoms. The van der Waals surface area contributed by atoms with Gasteiger partial charge in [-0.2, -0.15) is 0 Å². The van der Waals surface area contributed by atoms with Gasteiger partial charge in [0.25, 0.3) is 0 Å². The van der Waals surface area contributed by atoms with Crippen LogP contribution in [0.4, 0.5) is 0 Å². The van der Waals surface area contributed by atoms with Crippen LogP contribution >= 0.6 is 11.3 Å². The second-order valence-electron chi connectivity index (χ2n) is 3.41. The summed E-state index contributed by atoms with van der Waals surface area (Å²) in [6.45, 7) is 0. The van der Waals surface area contributed by atoms with E-state index in [-0.39, 0.29) is 5.75 Å². The van der Waals surface area contributed by atoms with Gasteiger partial charge >= 0.3 is 0 Å². The molecule has 1 N–H and O–H groups in total. The van der Waals surface area contributed by atoms with Gasteiger partial charge in [-0.3, -0.25) is 0 Å². The maximum atomic E-state index is 9.35. The number of hydrogen-bond donors (Lipinski definition) is 1. The number of phenols is 1. The molecule has 0 unspecified atom stereocenters. The van der Waals surface area contributed by atoms with E-state index in [4.69, 9.17) is 4.74 Å². The molecular weight excluding hydrogens is 236 g/mol. The lowest BCUT2D eigenvalue weighted by Crippen LogP contribution is -1.88. The first-order chi connectivity index (χ1) is 8.33. The van der Waals surface area contributed by atoms with Crippen LogP contribution < -0.4 is 4.74 Å². The Kier molecular flexibility index (Phi) is 2.38. The molecule has 17 heavy (non-hydrogen) atoms. The molecule has 0 amide bonds. The Hall–Kier alpha value is -2.14. The van der Waals surface area contributed by atoms with E-state index in [1.807, 2.05) is 11.4 Å². The molecular formula is C12H8N2O2S. The fraction of sp³-hybridized carbons (Fsp3) is 0. The van der Waals surface area contributed by atoms with Crippen molar-refractivity contribution in [1.29, 1.82) is 0 Å². The zero-order valence-electron chi connectivity index (χ0n) is 8.70. The summed E-state index contributed by atoms with van der Waals surface area (Å²) in [5.74, 6) is 1.23. The fourth-order valence-electron chi connectivity index (χ4n) is 1.50. The number of benzene rings is 1. The zero-order chi connectivity index (χ0) is 11.7. The number of aromatic hydroxyl groups is 1. The quantitative estimate of drug-likeness (QED) is 0.752. The van der Waals surface area contributed by atoms with Crippen molar-refractivity contribution in [3.8, 4) is 17.4 Å². The van der Waals surface area contributed by atoms with Crippen molar-refractivity contribution in [3.05, 3.63) is 42.0 Å². The lowest BCUT2D eigenvalue weighted by Gasteiger charge is -2.05. The van der Waals surface area contributed by atoms with Gasteiger partial charge in [-0.15, -0.1) is 11.3 Å². The number of aromatic nitrogens is 2. The molecule has 0 aliphatic heterocycles. The van der Waals surface area contributed by atoms with Crippen molar-refractivity contribution in [2.45, 2.75) is 0 Å². The van der Waals surface area contributed by atoms with Crippen molar-refractivity contribution in [2.24, 2.45) is 0 Å². The number of hydrogen-bond acceptors (Lipinski definition) is 5. The first-order valence-electron chi connectivity index (χ1n) is 4.98. The minimum Gasteiger partial charge on any atom is -0.508 e. The van der Waals surface area contributed by atoms with Crippen LogP contribution in [0.1, 0.15) is 0 Å². The molecule has 3 rings (SSSR count). The second kappa shape index (κ2) is 4.03. The third-order valence-corrected chi connectivity index (χ3v) is 3.13. The molecule has 0 atom stereocenters. The summed E-state index contributed by atoms with van der Waals surface area (Å²) < 4.78 is 6.53. The van der Waals surface area contributed by atoms with E-state index in [1.54, 1.807) is 24.3 Å². The van der Waals surface area contributed by atoms with Crippen LogP contribution in [-0.4, -0.2) is 15.1 Å². The second-order valence-corrected chi connectivity index (χ2v) is 4.33. The van der Waals surface area contributed by atoms with Crippen molar-refractivity contribution in [3.63, 3.8) is 0 Å². The Morgan fingerprint density at radius 1 is 1.18 bits per heavy atom. The molecule has 0 fully saturated rings. The van der Waals surface area contributed by atoms with Gasteiger partial charge < -0.3 is 9.84 Å². The smallest absolute Gasteiger partial charge is 0.240 e. The van der Waals surface area contributed by atoms with Gasteiger partial charge in [0.1, 0.15) is 22.5 Å². The van der Waals surface area contributed by atoms with Gasteiger partial charge in [-0.1, -0.05) is 6.07 Å². The van der Waals surface area contributed by atoms with Gasteiger partial charge in [0, 0.05) is 6.07 Å². The van der Waals surface area contributed by atoms with Gasteiger partial charge in [0.05, 0.1) is 5.52 Å². The summed E-state index contributed by atoms with van der Waals surface area (Å²) in [6.07, 6.45) is 1.47. The van der Waals surface area contributed by atoms with Gasteiger partial charge in [0.15, 0.2) is 0 Å². The lowest BCUT2D eigenvalue weighted by atomic mass is 10.3. The van der Waals surface area contributed by atoms with Gasteiger partial charge in [-0.05, 0) is 23.6 Å². The Morgan fingerprint density at radius 3 is 3.00 bits per heavy atom. The molecule has 5 heteroatoms. The molecule has 3 aromatic rings. The zero-order valence-corrected chi connectivity index (χ0v) is 9.52. The highest BCUT2D eigenvalue weighted by molar-refractivity contribution is 7.17. The normalized spacial score (nSPS) is 10.6. The number of phenolic OH excluding ortho intramolecular Hbond substituents is 1. The minimum atomic E-state index is 0.166. The van der Waals surface area contributed by atoms with E-state index in [9.17, 15) is 5.11 Å². The number of nitrogens with zero attached hydrogens (tertiary/aromatic N) is 2. The van der Waals surface area contributed by atoms with Crippen molar-refractivity contribution < 1.29 is 9.84 Å². The number of fused-ring (bicyclic) bond motifs is 1. The van der Waals surface area contributed by atoms with E-state index >= 15 is 0 Å². The molecule has 0 saturated carbocycles. The SMILES string of the molecule is Oc1cccc(Oc2ncnc3ccsc23)c1. The molecule has 2 aromatic heterocycles. The van der Waals surface area contributed by atoms with E-state index in [0.717, 1.165) is 10.2 Å². The van der Waals surface area contributed by atoms with Crippen LogP contribution in [0.2, 0.25) is 0 Å². The fourth-order valence-corrected chi connectivity index (χ4v) is 2.27. The number of rotatable bonds is 2. The lowest BCUT2D eigenvalue weighted by molar-refractivity contribution is 0.449. The molecule has 1 aromatic carbocycles. The van der Waals surface area contributed by atoms with Crippen LogP contribution in [0.5, 0.6) is 17.4 Å². The van der Waals surface area contributed by atoms with Crippen molar-refractivity contribution >= 4 is 21.6 Å². The Morgan fingerprint density at radius 2 is 2.12 bits per heavy atom. The van der Waals surface area contributed by atoms with Gasteiger partial charge in [-0.25, -0.2) is 9.97 Å². The molecule has 2 heterocycles. The minimum absolute atomic E-state index is 0.166. The highest BCUT2D eigenvalue weighted by Crippen LogP contribution is 2.31. The summed E-state index contributed by atoms with van der Waals surface area (Å²) in [5, 5.41) is 11.3. The maximum Gasteiger partial charge on any atom is 0.240 e. The molecule has 0 saturated heterocycles. The Bertz CT molecular complexity index is 666. The van der Waals surface area contributed by atoms with Gasteiger partial charge in [0.2, 0.25) is 5.88 Å². The van der Waals surface area contributed by atoms with E-state index < -0.39 is 0 Å². The number of thiophene rings is 1. The van der Waals surface area contributed by atoms with Crippen LogP contribution in [0.25, 0.3) is 10.2 Å². The van der Waals surface area contributed by atoms with Crippen LogP contribution in [0, 0.1) is 0 Å². The molecule has 4 nitrogen and oxygen atoms in total. The van der Waals surface area contributed by atoms with Crippen LogP contribution in [0.15, 0.2) is 42.0 Å². The van der Waals surface area contributed by atoms with E-state index in [1.165, 1.54) is 17.7 Å². The largest absolute Gasteiger partial charge is 0.508 e. The predicted molar refractivity (Wildman–Crippen MR) is 65.6 cm³/mol. The molecule has 0 aliphatic rings.